The standard InChI is InChI=1S/C23H33N9O5S/c1-10-18-17(11(2)26-16(33)7-15-27-29-30(3)28-15)22(35)32(18)19(23(36)37)20(10)38-13-6-14(25-8-13)21(34)31-5-4-12(24)9-31/h10-14,17-18,25H,4-9,24H2,1-3H3,(H,26,33)(H,36,37)/t10-,11-,12-,13+,14+,17-,18-/m1/s1. The first-order chi connectivity index (χ1) is 18.0. The number of carbonyl (C=O) groups is 4. The number of likely N-dealkylation sites (tertiary alicyclic amines) is 1. The first-order valence-corrected chi connectivity index (χ1v) is 13.7. The van der Waals surface area contributed by atoms with E-state index in [-0.39, 0.29) is 65.0 Å². The summed E-state index contributed by atoms with van der Waals surface area (Å²) in [7, 11) is 1.60. The van der Waals surface area contributed by atoms with Gasteiger partial charge in [-0.1, -0.05) is 6.92 Å². The molecule has 1 aromatic rings. The summed E-state index contributed by atoms with van der Waals surface area (Å²) in [6, 6.07) is -1.18. The van der Waals surface area contributed by atoms with Crippen molar-refractivity contribution in [3.05, 3.63) is 16.4 Å². The molecule has 206 valence electrons. The lowest BCUT2D eigenvalue weighted by atomic mass is 9.78. The minimum absolute atomic E-state index is 0.00381. The minimum Gasteiger partial charge on any atom is -0.477 e. The zero-order chi connectivity index (χ0) is 27.3. The van der Waals surface area contributed by atoms with Crippen molar-refractivity contribution < 1.29 is 24.3 Å². The molecule has 0 saturated carbocycles. The van der Waals surface area contributed by atoms with Crippen LogP contribution in [0, 0.1) is 11.8 Å². The fourth-order valence-corrected chi connectivity index (χ4v) is 7.48. The fourth-order valence-electron chi connectivity index (χ4n) is 6.00. The molecule has 7 atom stereocenters. The maximum absolute atomic E-state index is 13.1. The van der Waals surface area contributed by atoms with Crippen molar-refractivity contribution in [2.45, 2.75) is 62.5 Å². The monoisotopic (exact) mass is 547 g/mol. The van der Waals surface area contributed by atoms with Gasteiger partial charge in [-0.05, 0) is 25.0 Å². The Labute approximate surface area is 223 Å². The number of nitrogens with one attached hydrogen (secondary N) is 2. The van der Waals surface area contributed by atoms with E-state index in [9.17, 15) is 24.3 Å². The lowest BCUT2D eigenvalue weighted by Gasteiger charge is -2.47. The Morgan fingerprint density at radius 1 is 1.34 bits per heavy atom. The minimum atomic E-state index is -1.15. The number of nitrogens with two attached hydrogens (primary N) is 1. The Morgan fingerprint density at radius 2 is 2.11 bits per heavy atom. The molecule has 3 fully saturated rings. The summed E-state index contributed by atoms with van der Waals surface area (Å²) in [5.74, 6) is -2.26. The molecule has 3 saturated heterocycles. The average molecular weight is 548 g/mol. The van der Waals surface area contributed by atoms with E-state index in [1.165, 1.54) is 21.5 Å². The number of aromatic nitrogens is 4. The number of nitrogens with zero attached hydrogens (tertiary/aromatic N) is 6. The van der Waals surface area contributed by atoms with Gasteiger partial charge in [-0.15, -0.1) is 22.0 Å². The van der Waals surface area contributed by atoms with Gasteiger partial charge in [0.1, 0.15) is 5.70 Å². The highest BCUT2D eigenvalue weighted by Gasteiger charge is 2.60. The number of thioether (sulfide) groups is 1. The van der Waals surface area contributed by atoms with Crippen LogP contribution >= 0.6 is 11.8 Å². The summed E-state index contributed by atoms with van der Waals surface area (Å²) in [4.78, 5) is 55.9. The Morgan fingerprint density at radius 3 is 2.74 bits per heavy atom. The van der Waals surface area contributed by atoms with Crippen molar-refractivity contribution in [2.75, 3.05) is 19.6 Å². The van der Waals surface area contributed by atoms with Crippen LogP contribution in [0.15, 0.2) is 10.6 Å². The molecule has 38 heavy (non-hydrogen) atoms. The van der Waals surface area contributed by atoms with E-state index in [4.69, 9.17) is 5.73 Å². The van der Waals surface area contributed by atoms with Gasteiger partial charge in [0, 0.05) is 47.8 Å². The van der Waals surface area contributed by atoms with E-state index < -0.39 is 17.9 Å². The number of rotatable bonds is 8. The second-order valence-corrected chi connectivity index (χ2v) is 11.9. The van der Waals surface area contributed by atoms with Crippen LogP contribution in [0.3, 0.4) is 0 Å². The number of hydrogen-bond acceptors (Lipinski definition) is 10. The smallest absolute Gasteiger partial charge is 0.353 e. The fraction of sp³-hybridized carbons (Fsp3) is 0.696. The van der Waals surface area contributed by atoms with Crippen LogP contribution in [0.25, 0.3) is 0 Å². The number of aliphatic carboxylic acids is 1. The first kappa shape index (κ1) is 26.6. The topological polar surface area (TPSA) is 189 Å². The summed E-state index contributed by atoms with van der Waals surface area (Å²) in [5.41, 5.74) is 5.96. The number of aryl methyl sites for hydroxylation is 1. The predicted molar refractivity (Wildman–Crippen MR) is 135 cm³/mol. The van der Waals surface area contributed by atoms with Gasteiger partial charge in [0.15, 0.2) is 5.82 Å². The van der Waals surface area contributed by atoms with Crippen LogP contribution in [0.1, 0.15) is 32.5 Å². The Balaban J connectivity index is 1.23. The van der Waals surface area contributed by atoms with Crippen molar-refractivity contribution in [1.82, 2.24) is 40.6 Å². The Hall–Kier alpha value is -3.04. The second kappa shape index (κ2) is 10.3. The van der Waals surface area contributed by atoms with Gasteiger partial charge >= 0.3 is 5.97 Å². The third-order valence-electron chi connectivity index (χ3n) is 7.81. The van der Waals surface area contributed by atoms with E-state index >= 15 is 0 Å². The third-order valence-corrected chi connectivity index (χ3v) is 9.32. The average Bonchev–Trinajstić information content (AvgIpc) is 3.62. The number of β-lactam (4-membered cyclic amide) rings is 1. The highest BCUT2D eigenvalue weighted by atomic mass is 32.2. The maximum Gasteiger partial charge on any atom is 0.353 e. The molecule has 0 aromatic carbocycles. The van der Waals surface area contributed by atoms with E-state index in [0.717, 1.165) is 6.42 Å². The summed E-state index contributed by atoms with van der Waals surface area (Å²) in [6.45, 7) is 5.45. The number of fused-ring (bicyclic) bond motifs is 1. The van der Waals surface area contributed by atoms with Crippen LogP contribution in [-0.4, -0.2) is 108 Å². The Bertz CT molecular complexity index is 1190. The molecule has 1 aromatic heterocycles. The van der Waals surface area contributed by atoms with Crippen molar-refractivity contribution in [3.8, 4) is 0 Å². The number of carboxylic acids is 1. The van der Waals surface area contributed by atoms with E-state index in [1.54, 1.807) is 18.9 Å². The number of hydrogen-bond donors (Lipinski definition) is 4. The molecule has 0 unspecified atom stereocenters. The van der Waals surface area contributed by atoms with Gasteiger partial charge in [-0.3, -0.25) is 14.4 Å². The molecule has 5 rings (SSSR count). The molecule has 14 nitrogen and oxygen atoms in total. The van der Waals surface area contributed by atoms with Crippen LogP contribution < -0.4 is 16.4 Å². The van der Waals surface area contributed by atoms with Gasteiger partial charge in [0.05, 0.1) is 31.5 Å². The zero-order valence-corrected chi connectivity index (χ0v) is 22.3. The molecule has 5 heterocycles. The molecule has 4 aliphatic heterocycles. The molecule has 0 bridgehead atoms. The molecule has 0 radical (unpaired) electrons. The molecular formula is C23H33N9O5S. The highest BCUT2D eigenvalue weighted by molar-refractivity contribution is 8.03. The van der Waals surface area contributed by atoms with E-state index in [0.29, 0.717) is 31.0 Å². The Kier molecular flexibility index (Phi) is 7.17. The molecule has 4 aliphatic rings. The number of carbonyl (C=O) groups excluding carboxylic acids is 3. The summed E-state index contributed by atoms with van der Waals surface area (Å²) < 4.78 is 0. The quantitative estimate of drug-likeness (QED) is 0.265. The van der Waals surface area contributed by atoms with E-state index in [2.05, 4.69) is 26.0 Å². The van der Waals surface area contributed by atoms with Crippen LogP contribution in [-0.2, 0) is 32.6 Å². The summed E-state index contributed by atoms with van der Waals surface area (Å²) in [6.07, 6.45) is 1.30. The molecule has 0 aliphatic carbocycles. The lowest BCUT2D eigenvalue weighted by molar-refractivity contribution is -0.158. The molecule has 0 spiro atoms. The summed E-state index contributed by atoms with van der Waals surface area (Å²) >= 11 is 1.44. The predicted octanol–water partition coefficient (Wildman–Crippen LogP) is -1.95. The second-order valence-electron chi connectivity index (χ2n) is 10.5. The number of amides is 3. The molecular weight excluding hydrogens is 514 g/mol. The highest BCUT2D eigenvalue weighted by Crippen LogP contribution is 2.51. The van der Waals surface area contributed by atoms with Crippen molar-refractivity contribution in [2.24, 2.45) is 24.6 Å². The number of tetrazole rings is 1. The van der Waals surface area contributed by atoms with Gasteiger partial charge in [0.2, 0.25) is 17.7 Å². The molecule has 3 amide bonds. The third kappa shape index (κ3) is 4.78. The largest absolute Gasteiger partial charge is 0.477 e. The van der Waals surface area contributed by atoms with Gasteiger partial charge in [0.25, 0.3) is 0 Å². The van der Waals surface area contributed by atoms with Crippen molar-refractivity contribution in [1.29, 1.82) is 0 Å². The lowest BCUT2D eigenvalue weighted by Crippen LogP contribution is -2.66. The number of carboxylic acid groups (broad SMARTS) is 1. The van der Waals surface area contributed by atoms with Crippen LogP contribution in [0.2, 0.25) is 0 Å². The normalized spacial score (nSPS) is 31.4. The molecule has 5 N–H and O–H groups in total. The van der Waals surface area contributed by atoms with Gasteiger partial charge in [-0.2, -0.15) is 4.80 Å². The van der Waals surface area contributed by atoms with Crippen molar-refractivity contribution >= 4 is 35.5 Å². The van der Waals surface area contributed by atoms with E-state index in [1.807, 2.05) is 6.92 Å². The van der Waals surface area contributed by atoms with Gasteiger partial charge in [-0.25, -0.2) is 4.79 Å². The van der Waals surface area contributed by atoms with Gasteiger partial charge < -0.3 is 31.3 Å². The SMILES string of the molecule is C[C@@H](NC(=O)Cc1nnn(C)n1)[C@H]1C(=O)N2C(C(=O)O)=C(S[C@@H]3CN[C@H](C(=O)N4CC[C@@H](N)C4)C3)[C@H](C)[C@H]12. The maximum atomic E-state index is 13.1. The molecule has 15 heteroatoms. The van der Waals surface area contributed by atoms with Crippen molar-refractivity contribution in [3.63, 3.8) is 0 Å². The summed E-state index contributed by atoms with van der Waals surface area (Å²) in [5, 5.41) is 27.7. The first-order valence-electron chi connectivity index (χ1n) is 12.8. The zero-order valence-electron chi connectivity index (χ0n) is 21.5. The van der Waals surface area contributed by atoms with Crippen LogP contribution in [0.5, 0.6) is 0 Å². The van der Waals surface area contributed by atoms with Crippen LogP contribution in [0.4, 0.5) is 0 Å².